The van der Waals surface area contributed by atoms with Gasteiger partial charge in [0, 0.05) is 13.1 Å². The maximum atomic E-state index is 10.7. The monoisotopic (exact) mass is 575 g/mol. The molecule has 2 aromatic carbocycles. The molecule has 42 heavy (non-hydrogen) atoms. The van der Waals surface area contributed by atoms with Gasteiger partial charge in [-0.25, -0.2) is 15.0 Å². The van der Waals surface area contributed by atoms with E-state index in [4.69, 9.17) is 15.2 Å². The van der Waals surface area contributed by atoms with Crippen molar-refractivity contribution >= 4 is 22.9 Å². The van der Waals surface area contributed by atoms with Crippen molar-refractivity contribution in [1.82, 2.24) is 24.4 Å². The molecule has 0 unspecified atom stereocenters. The standard InChI is InChI=1S/C30H37N7O5/c31-27-24-28(34-18-33-27)37(29-26(40)25(39)23(17-38)42-29)30(35-24)32-16-19-7-9-20(10-8-19)21-5-3-6-22(15-21)41-14-4-13-36-11-1-2-12-36/h3,5-10,15,18,23,25-26,29,38-40H,1-2,4,11-14,16-17H2,(H,32,35)(H2,31,33,34)/t23-,25-,26-,29-/m1/s1. The number of hydrogen-bond donors (Lipinski definition) is 5. The third kappa shape index (κ3) is 5.90. The number of hydrogen-bond acceptors (Lipinski definition) is 11. The van der Waals surface area contributed by atoms with E-state index in [1.807, 2.05) is 24.3 Å². The van der Waals surface area contributed by atoms with E-state index in [0.717, 1.165) is 35.4 Å². The number of nitrogens with one attached hydrogen (secondary N) is 1. The zero-order chi connectivity index (χ0) is 29.1. The van der Waals surface area contributed by atoms with Crippen molar-refractivity contribution in [2.75, 3.05) is 43.9 Å². The maximum absolute atomic E-state index is 10.7. The third-order valence-corrected chi connectivity index (χ3v) is 7.93. The smallest absolute Gasteiger partial charge is 0.207 e. The SMILES string of the molecule is Nc1ncnc2c1nc(NCc1ccc(-c3cccc(OCCCN4CCCC4)c3)cc1)n2[C@@H]1O[C@H](CO)[C@@H](O)[C@H]1O. The number of nitrogens with two attached hydrogens (primary N) is 1. The summed E-state index contributed by atoms with van der Waals surface area (Å²) in [4.78, 5) is 15.4. The van der Waals surface area contributed by atoms with Gasteiger partial charge in [0.15, 0.2) is 23.2 Å². The highest BCUT2D eigenvalue weighted by Crippen LogP contribution is 2.35. The zero-order valence-electron chi connectivity index (χ0n) is 23.3. The molecule has 0 amide bonds. The lowest BCUT2D eigenvalue weighted by Crippen LogP contribution is -2.33. The first-order valence-electron chi connectivity index (χ1n) is 14.4. The number of aliphatic hydroxyl groups is 3. The summed E-state index contributed by atoms with van der Waals surface area (Å²) < 4.78 is 13.3. The minimum atomic E-state index is -1.31. The number of anilines is 2. The Hall–Kier alpha value is -3.81. The van der Waals surface area contributed by atoms with E-state index in [9.17, 15) is 15.3 Å². The molecule has 6 rings (SSSR count). The molecule has 222 valence electrons. The van der Waals surface area contributed by atoms with Gasteiger partial charge in [-0.05, 0) is 61.2 Å². The number of nitrogens with zero attached hydrogens (tertiary/aromatic N) is 5. The number of likely N-dealkylation sites (tertiary alicyclic amines) is 1. The summed E-state index contributed by atoms with van der Waals surface area (Å²) in [5, 5.41) is 33.9. The van der Waals surface area contributed by atoms with Gasteiger partial charge in [0.2, 0.25) is 5.95 Å². The number of nitrogen functional groups attached to an aromatic ring is 1. The van der Waals surface area contributed by atoms with Crippen molar-refractivity contribution in [2.45, 2.75) is 50.3 Å². The molecule has 6 N–H and O–H groups in total. The summed E-state index contributed by atoms with van der Waals surface area (Å²) in [6.45, 7) is 4.17. The second-order valence-electron chi connectivity index (χ2n) is 10.8. The molecule has 2 aliphatic heterocycles. The molecular weight excluding hydrogens is 538 g/mol. The minimum Gasteiger partial charge on any atom is -0.494 e. The average Bonchev–Trinajstić information content (AvgIpc) is 3.74. The number of aromatic nitrogens is 4. The lowest BCUT2D eigenvalue weighted by atomic mass is 10.0. The van der Waals surface area contributed by atoms with Crippen LogP contribution in [0.25, 0.3) is 22.3 Å². The van der Waals surface area contributed by atoms with Gasteiger partial charge >= 0.3 is 0 Å². The summed E-state index contributed by atoms with van der Waals surface area (Å²) >= 11 is 0. The van der Waals surface area contributed by atoms with Crippen LogP contribution in [0.3, 0.4) is 0 Å². The number of rotatable bonds is 11. The third-order valence-electron chi connectivity index (χ3n) is 7.93. The fraction of sp³-hybridized carbons (Fsp3) is 0.433. The van der Waals surface area contributed by atoms with Gasteiger partial charge in [-0.3, -0.25) is 4.57 Å². The molecule has 0 aliphatic carbocycles. The van der Waals surface area contributed by atoms with Crippen LogP contribution in [0.5, 0.6) is 5.75 Å². The lowest BCUT2D eigenvalue weighted by Gasteiger charge is -2.19. The van der Waals surface area contributed by atoms with Crippen LogP contribution in [0.2, 0.25) is 0 Å². The Labute approximate surface area is 243 Å². The van der Waals surface area contributed by atoms with Crippen LogP contribution in [0, 0.1) is 0 Å². The van der Waals surface area contributed by atoms with Gasteiger partial charge in [0.1, 0.15) is 30.4 Å². The molecule has 12 nitrogen and oxygen atoms in total. The molecule has 2 fully saturated rings. The Morgan fingerprint density at radius 3 is 2.60 bits per heavy atom. The summed E-state index contributed by atoms with van der Waals surface area (Å²) in [6.07, 6.45) is 0.384. The highest BCUT2D eigenvalue weighted by Gasteiger charge is 2.45. The Balaban J connectivity index is 1.13. The molecule has 12 heteroatoms. The lowest BCUT2D eigenvalue weighted by molar-refractivity contribution is -0.0501. The molecule has 2 aliphatic rings. The second kappa shape index (κ2) is 12.6. The van der Waals surface area contributed by atoms with Crippen molar-refractivity contribution < 1.29 is 24.8 Å². The summed E-state index contributed by atoms with van der Waals surface area (Å²) in [5.74, 6) is 1.38. The van der Waals surface area contributed by atoms with E-state index in [0.29, 0.717) is 30.3 Å². The van der Waals surface area contributed by atoms with Gasteiger partial charge < -0.3 is 40.7 Å². The largest absolute Gasteiger partial charge is 0.494 e. The molecule has 0 radical (unpaired) electrons. The van der Waals surface area contributed by atoms with Crippen LogP contribution in [-0.4, -0.2) is 90.9 Å². The van der Waals surface area contributed by atoms with Crippen LogP contribution >= 0.6 is 0 Å². The summed E-state index contributed by atoms with van der Waals surface area (Å²) in [7, 11) is 0. The molecule has 4 aromatic rings. The first kappa shape index (κ1) is 28.3. The summed E-state index contributed by atoms with van der Waals surface area (Å²) in [5.41, 5.74) is 9.86. The average molecular weight is 576 g/mol. The quantitative estimate of drug-likeness (QED) is 0.167. The van der Waals surface area contributed by atoms with Crippen LogP contribution < -0.4 is 15.8 Å². The number of aliphatic hydroxyl groups excluding tert-OH is 3. The van der Waals surface area contributed by atoms with Gasteiger partial charge in [-0.15, -0.1) is 0 Å². The van der Waals surface area contributed by atoms with Crippen molar-refractivity contribution in [2.24, 2.45) is 0 Å². The van der Waals surface area contributed by atoms with Crippen molar-refractivity contribution in [3.8, 4) is 16.9 Å². The zero-order valence-corrected chi connectivity index (χ0v) is 23.3. The predicted molar refractivity (Wildman–Crippen MR) is 158 cm³/mol. The molecular formula is C30H37N7O5. The van der Waals surface area contributed by atoms with E-state index in [1.165, 1.54) is 32.3 Å². The van der Waals surface area contributed by atoms with Gasteiger partial charge in [-0.2, -0.15) is 0 Å². The van der Waals surface area contributed by atoms with E-state index in [2.05, 4.69) is 49.4 Å². The van der Waals surface area contributed by atoms with Gasteiger partial charge in [0.05, 0.1) is 13.2 Å². The van der Waals surface area contributed by atoms with Crippen LogP contribution in [0.4, 0.5) is 11.8 Å². The van der Waals surface area contributed by atoms with Crippen LogP contribution in [-0.2, 0) is 11.3 Å². The second-order valence-corrected chi connectivity index (χ2v) is 10.8. The number of benzene rings is 2. The Kier molecular flexibility index (Phi) is 8.49. The first-order chi connectivity index (χ1) is 20.5. The fourth-order valence-corrected chi connectivity index (χ4v) is 5.63. The van der Waals surface area contributed by atoms with Crippen molar-refractivity contribution in [3.63, 3.8) is 0 Å². The molecule has 2 saturated heterocycles. The number of ether oxygens (including phenoxy) is 2. The minimum absolute atomic E-state index is 0.177. The van der Waals surface area contributed by atoms with Gasteiger partial charge in [0.25, 0.3) is 0 Å². The van der Waals surface area contributed by atoms with Crippen LogP contribution in [0.1, 0.15) is 31.1 Å². The highest BCUT2D eigenvalue weighted by atomic mass is 16.6. The van der Waals surface area contributed by atoms with E-state index in [1.54, 1.807) is 4.57 Å². The highest BCUT2D eigenvalue weighted by molar-refractivity contribution is 5.84. The van der Waals surface area contributed by atoms with Crippen molar-refractivity contribution in [1.29, 1.82) is 0 Å². The van der Waals surface area contributed by atoms with E-state index >= 15 is 0 Å². The van der Waals surface area contributed by atoms with Crippen LogP contribution in [0.15, 0.2) is 54.9 Å². The first-order valence-corrected chi connectivity index (χ1v) is 14.4. The Morgan fingerprint density at radius 2 is 1.83 bits per heavy atom. The maximum Gasteiger partial charge on any atom is 0.207 e. The van der Waals surface area contributed by atoms with E-state index < -0.39 is 31.1 Å². The summed E-state index contributed by atoms with van der Waals surface area (Å²) in [6, 6.07) is 16.3. The predicted octanol–water partition coefficient (Wildman–Crippen LogP) is 2.16. The topological polar surface area (TPSA) is 164 Å². The number of imidazole rings is 1. The van der Waals surface area contributed by atoms with E-state index in [-0.39, 0.29) is 5.82 Å². The molecule has 4 heterocycles. The normalized spacial score (nSPS) is 22.6. The van der Waals surface area contributed by atoms with Crippen molar-refractivity contribution in [3.05, 3.63) is 60.4 Å². The molecule has 0 saturated carbocycles. The fourth-order valence-electron chi connectivity index (χ4n) is 5.63. The molecule has 0 spiro atoms. The number of fused-ring (bicyclic) bond motifs is 1. The molecule has 2 aromatic heterocycles. The Morgan fingerprint density at radius 1 is 1.02 bits per heavy atom. The molecule has 0 bridgehead atoms. The van der Waals surface area contributed by atoms with Gasteiger partial charge in [-0.1, -0.05) is 36.4 Å². The molecule has 4 atom stereocenters. The Bertz CT molecular complexity index is 1490.